The van der Waals surface area contributed by atoms with Crippen LogP contribution in [0.15, 0.2) is 6.33 Å². The number of aldehydes is 1. The second kappa shape index (κ2) is 2.73. The van der Waals surface area contributed by atoms with E-state index in [9.17, 15) is 4.79 Å². The average molecular weight is 164 g/mol. The van der Waals surface area contributed by atoms with Gasteiger partial charge in [-0.1, -0.05) is 6.92 Å². The standard InChI is InChI=1S/C9H12N2O/c1-7-3-2-4-11-6-10-8(5-12)9(7)11/h5-7H,2-4H2,1H3. The zero-order valence-electron chi connectivity index (χ0n) is 7.16. The molecular weight excluding hydrogens is 152 g/mol. The maximum Gasteiger partial charge on any atom is 0.170 e. The first-order valence-electron chi connectivity index (χ1n) is 4.33. The van der Waals surface area contributed by atoms with E-state index in [1.165, 1.54) is 12.8 Å². The maximum atomic E-state index is 10.6. The summed E-state index contributed by atoms with van der Waals surface area (Å²) in [5, 5.41) is 0. The highest BCUT2D eigenvalue weighted by atomic mass is 16.1. The lowest BCUT2D eigenvalue weighted by Gasteiger charge is -2.20. The van der Waals surface area contributed by atoms with E-state index in [4.69, 9.17) is 0 Å². The fourth-order valence-electron chi connectivity index (χ4n) is 1.92. The molecule has 0 amide bonds. The minimum absolute atomic E-state index is 0.487. The Morgan fingerprint density at radius 1 is 1.75 bits per heavy atom. The molecule has 1 aromatic heterocycles. The van der Waals surface area contributed by atoms with Crippen molar-refractivity contribution < 1.29 is 4.79 Å². The summed E-state index contributed by atoms with van der Waals surface area (Å²) in [5.74, 6) is 0.487. The molecule has 3 nitrogen and oxygen atoms in total. The monoisotopic (exact) mass is 164 g/mol. The lowest BCUT2D eigenvalue weighted by Crippen LogP contribution is -2.13. The van der Waals surface area contributed by atoms with Gasteiger partial charge in [-0.05, 0) is 18.8 Å². The van der Waals surface area contributed by atoms with Gasteiger partial charge < -0.3 is 4.57 Å². The van der Waals surface area contributed by atoms with Crippen molar-refractivity contribution in [1.82, 2.24) is 9.55 Å². The smallest absolute Gasteiger partial charge is 0.170 e. The molecule has 1 aromatic rings. The summed E-state index contributed by atoms with van der Waals surface area (Å²) in [7, 11) is 0. The zero-order chi connectivity index (χ0) is 8.55. The van der Waals surface area contributed by atoms with Crippen LogP contribution in [-0.2, 0) is 6.54 Å². The summed E-state index contributed by atoms with van der Waals surface area (Å²) in [6.45, 7) is 3.17. The molecule has 0 radical (unpaired) electrons. The van der Waals surface area contributed by atoms with Crippen LogP contribution in [-0.4, -0.2) is 15.8 Å². The highest BCUT2D eigenvalue weighted by Gasteiger charge is 2.20. The van der Waals surface area contributed by atoms with Gasteiger partial charge in [0, 0.05) is 6.54 Å². The van der Waals surface area contributed by atoms with Crippen LogP contribution < -0.4 is 0 Å². The number of imidazole rings is 1. The van der Waals surface area contributed by atoms with E-state index < -0.39 is 0 Å². The van der Waals surface area contributed by atoms with Crippen LogP contribution >= 0.6 is 0 Å². The average Bonchev–Trinajstić information content (AvgIpc) is 2.49. The van der Waals surface area contributed by atoms with Gasteiger partial charge in [-0.25, -0.2) is 4.98 Å². The van der Waals surface area contributed by atoms with Gasteiger partial charge in [0.15, 0.2) is 6.29 Å². The predicted molar refractivity (Wildman–Crippen MR) is 45.3 cm³/mol. The number of carbonyl (C=O) groups is 1. The molecule has 0 fully saturated rings. The largest absolute Gasteiger partial charge is 0.334 e. The molecule has 1 aliphatic heterocycles. The van der Waals surface area contributed by atoms with Gasteiger partial charge in [0.25, 0.3) is 0 Å². The van der Waals surface area contributed by atoms with E-state index in [2.05, 4.69) is 16.5 Å². The summed E-state index contributed by atoms with van der Waals surface area (Å²) < 4.78 is 2.10. The molecule has 0 N–H and O–H groups in total. The Hall–Kier alpha value is -1.12. The fraction of sp³-hybridized carbons (Fsp3) is 0.556. The molecule has 0 aromatic carbocycles. The molecule has 1 unspecified atom stereocenters. The van der Waals surface area contributed by atoms with Crippen molar-refractivity contribution in [2.24, 2.45) is 0 Å². The normalized spacial score (nSPS) is 21.9. The molecule has 1 aliphatic rings. The third-order valence-corrected chi connectivity index (χ3v) is 2.52. The van der Waals surface area contributed by atoms with E-state index >= 15 is 0 Å². The minimum Gasteiger partial charge on any atom is -0.334 e. The Kier molecular flexibility index (Phi) is 1.71. The molecular formula is C9H12N2O. The molecule has 0 saturated carbocycles. The Morgan fingerprint density at radius 2 is 2.58 bits per heavy atom. The van der Waals surface area contributed by atoms with Crippen LogP contribution in [0.4, 0.5) is 0 Å². The number of rotatable bonds is 1. The van der Waals surface area contributed by atoms with Crippen molar-refractivity contribution in [1.29, 1.82) is 0 Å². The number of hydrogen-bond donors (Lipinski definition) is 0. The van der Waals surface area contributed by atoms with Crippen molar-refractivity contribution in [3.63, 3.8) is 0 Å². The first-order valence-corrected chi connectivity index (χ1v) is 4.33. The van der Waals surface area contributed by atoms with Crippen molar-refractivity contribution in [2.75, 3.05) is 0 Å². The number of nitrogens with zero attached hydrogens (tertiary/aromatic N) is 2. The Bertz CT molecular complexity index is 303. The van der Waals surface area contributed by atoms with Crippen molar-refractivity contribution in [2.45, 2.75) is 32.2 Å². The summed E-state index contributed by atoms with van der Waals surface area (Å²) in [4.78, 5) is 14.7. The fourth-order valence-corrected chi connectivity index (χ4v) is 1.92. The van der Waals surface area contributed by atoms with Gasteiger partial charge in [-0.15, -0.1) is 0 Å². The van der Waals surface area contributed by atoms with E-state index in [0.717, 1.165) is 18.5 Å². The van der Waals surface area contributed by atoms with Gasteiger partial charge in [0.1, 0.15) is 5.69 Å². The zero-order valence-corrected chi connectivity index (χ0v) is 7.16. The molecule has 0 saturated heterocycles. The first kappa shape index (κ1) is 7.53. The van der Waals surface area contributed by atoms with Crippen LogP contribution in [0, 0.1) is 0 Å². The number of hydrogen-bond acceptors (Lipinski definition) is 2. The Morgan fingerprint density at radius 3 is 3.33 bits per heavy atom. The lowest BCUT2D eigenvalue weighted by atomic mass is 9.97. The summed E-state index contributed by atoms with van der Waals surface area (Å²) >= 11 is 0. The second-order valence-electron chi connectivity index (χ2n) is 3.37. The number of fused-ring (bicyclic) bond motifs is 1. The quantitative estimate of drug-likeness (QED) is 0.591. The summed E-state index contributed by atoms with van der Waals surface area (Å²) in [6.07, 6.45) is 5.00. The molecule has 2 heterocycles. The van der Waals surface area contributed by atoms with Gasteiger partial charge in [0.05, 0.1) is 12.0 Å². The van der Waals surface area contributed by atoms with Crippen LogP contribution in [0.5, 0.6) is 0 Å². The molecule has 0 aliphatic carbocycles. The number of aromatic nitrogens is 2. The van der Waals surface area contributed by atoms with E-state index in [1.807, 2.05) is 0 Å². The van der Waals surface area contributed by atoms with Crippen LogP contribution in [0.25, 0.3) is 0 Å². The number of aryl methyl sites for hydroxylation is 1. The molecule has 0 bridgehead atoms. The molecule has 64 valence electrons. The molecule has 0 spiro atoms. The highest BCUT2D eigenvalue weighted by molar-refractivity contribution is 5.74. The van der Waals surface area contributed by atoms with E-state index in [1.54, 1.807) is 6.33 Å². The number of carbonyl (C=O) groups excluding carboxylic acids is 1. The van der Waals surface area contributed by atoms with Crippen molar-refractivity contribution >= 4 is 6.29 Å². The van der Waals surface area contributed by atoms with Crippen LogP contribution in [0.2, 0.25) is 0 Å². The molecule has 3 heteroatoms. The Labute approximate surface area is 71.4 Å². The Balaban J connectivity index is 2.50. The third kappa shape index (κ3) is 0.967. The van der Waals surface area contributed by atoms with Crippen molar-refractivity contribution in [3.05, 3.63) is 17.7 Å². The SMILES string of the molecule is CC1CCCn2cnc(C=O)c21. The van der Waals surface area contributed by atoms with Gasteiger partial charge in [-0.2, -0.15) is 0 Å². The highest BCUT2D eigenvalue weighted by Crippen LogP contribution is 2.27. The topological polar surface area (TPSA) is 34.9 Å². The van der Waals surface area contributed by atoms with Crippen LogP contribution in [0.1, 0.15) is 41.9 Å². The lowest BCUT2D eigenvalue weighted by molar-refractivity contribution is 0.111. The summed E-state index contributed by atoms with van der Waals surface area (Å²) in [5.41, 5.74) is 1.75. The second-order valence-corrected chi connectivity index (χ2v) is 3.37. The third-order valence-electron chi connectivity index (χ3n) is 2.52. The van der Waals surface area contributed by atoms with E-state index in [-0.39, 0.29) is 0 Å². The van der Waals surface area contributed by atoms with Gasteiger partial charge >= 0.3 is 0 Å². The molecule has 1 atom stereocenters. The first-order chi connectivity index (χ1) is 5.83. The van der Waals surface area contributed by atoms with Gasteiger partial charge in [0.2, 0.25) is 0 Å². The molecule has 2 rings (SSSR count). The van der Waals surface area contributed by atoms with Crippen LogP contribution in [0.3, 0.4) is 0 Å². The van der Waals surface area contributed by atoms with Gasteiger partial charge in [-0.3, -0.25) is 4.79 Å². The van der Waals surface area contributed by atoms with E-state index in [0.29, 0.717) is 11.6 Å². The summed E-state index contributed by atoms with van der Waals surface area (Å²) in [6, 6.07) is 0. The minimum atomic E-state index is 0.487. The predicted octanol–water partition coefficient (Wildman–Crippen LogP) is 1.59. The molecule has 12 heavy (non-hydrogen) atoms. The van der Waals surface area contributed by atoms with Crippen molar-refractivity contribution in [3.8, 4) is 0 Å². The maximum absolute atomic E-state index is 10.6.